The van der Waals surface area contributed by atoms with Crippen LogP contribution in [-0.4, -0.2) is 33.5 Å². The first-order valence-corrected chi connectivity index (χ1v) is 6.56. The minimum Gasteiger partial charge on any atom is -0.389 e. The van der Waals surface area contributed by atoms with Crippen molar-refractivity contribution in [1.82, 2.24) is 0 Å². The summed E-state index contributed by atoms with van der Waals surface area (Å²) in [7, 11) is 0. The number of hydrogen-bond acceptors (Lipinski definition) is 5. The van der Waals surface area contributed by atoms with Crippen LogP contribution >= 0.6 is 23.4 Å². The maximum atomic E-state index is 10.9. The molecule has 98 valence electrons. The topological polar surface area (TPSA) is 74.6 Å². The summed E-state index contributed by atoms with van der Waals surface area (Å²) in [5.74, 6) is 0.0669. The van der Waals surface area contributed by atoms with Gasteiger partial charge in [0.15, 0.2) is 5.12 Å². The fourth-order valence-electron chi connectivity index (χ4n) is 1.42. The summed E-state index contributed by atoms with van der Waals surface area (Å²) in [4.78, 5) is 21.6. The summed E-state index contributed by atoms with van der Waals surface area (Å²) in [6.45, 7) is 1.38. The van der Waals surface area contributed by atoms with Crippen molar-refractivity contribution >= 4 is 34.8 Å². The number of aliphatic hydroxyl groups is 2. The van der Waals surface area contributed by atoms with E-state index in [1.54, 1.807) is 0 Å². The Morgan fingerprint density at radius 2 is 2.17 bits per heavy atom. The predicted molar refractivity (Wildman–Crippen MR) is 70.9 cm³/mol. The monoisotopic (exact) mass is 288 g/mol. The van der Waals surface area contributed by atoms with Crippen molar-refractivity contribution in [2.45, 2.75) is 19.1 Å². The second-order valence-electron chi connectivity index (χ2n) is 3.71. The number of benzene rings is 1. The molecule has 0 aliphatic heterocycles. The van der Waals surface area contributed by atoms with Gasteiger partial charge >= 0.3 is 0 Å². The number of carbonyl (C=O) groups is 2. The van der Waals surface area contributed by atoms with Crippen LogP contribution in [0.2, 0.25) is 5.02 Å². The number of carbonyl (C=O) groups excluding carboxylic acids is 2. The first-order chi connectivity index (χ1) is 8.45. The Kier molecular flexibility index (Phi) is 5.81. The fourth-order valence-corrected chi connectivity index (χ4v) is 2.19. The minimum atomic E-state index is -1.23. The van der Waals surface area contributed by atoms with E-state index in [4.69, 9.17) is 11.6 Å². The van der Waals surface area contributed by atoms with Crippen molar-refractivity contribution in [3.05, 3.63) is 34.3 Å². The van der Waals surface area contributed by atoms with Gasteiger partial charge in [0.25, 0.3) is 0 Å². The molecule has 4 nitrogen and oxygen atoms in total. The van der Waals surface area contributed by atoms with Crippen molar-refractivity contribution in [2.75, 3.05) is 5.75 Å². The van der Waals surface area contributed by atoms with E-state index in [1.165, 1.54) is 25.1 Å². The number of hydrogen-bond donors (Lipinski definition) is 2. The first-order valence-electron chi connectivity index (χ1n) is 5.19. The van der Waals surface area contributed by atoms with E-state index in [1.807, 2.05) is 0 Å². The lowest BCUT2D eigenvalue weighted by molar-refractivity contribution is -0.109. The summed E-state index contributed by atoms with van der Waals surface area (Å²) < 4.78 is 0. The van der Waals surface area contributed by atoms with E-state index in [2.05, 4.69) is 0 Å². The van der Waals surface area contributed by atoms with Crippen LogP contribution in [0.5, 0.6) is 0 Å². The third-order valence-electron chi connectivity index (χ3n) is 2.32. The van der Waals surface area contributed by atoms with Crippen LogP contribution in [0, 0.1) is 0 Å². The van der Waals surface area contributed by atoms with Crippen molar-refractivity contribution in [3.8, 4) is 0 Å². The molecule has 0 heterocycles. The quantitative estimate of drug-likeness (QED) is 0.809. The average Bonchev–Trinajstić information content (AvgIpc) is 2.34. The zero-order valence-corrected chi connectivity index (χ0v) is 11.2. The summed E-state index contributed by atoms with van der Waals surface area (Å²) in [6.07, 6.45) is -1.79. The molecule has 2 N–H and O–H groups in total. The SMILES string of the molecule is CC(=O)SCC(O)C(O)c1ccc(Cl)cc1C=O. The van der Waals surface area contributed by atoms with Crippen LogP contribution in [0.3, 0.4) is 0 Å². The third kappa shape index (κ3) is 4.10. The van der Waals surface area contributed by atoms with E-state index in [9.17, 15) is 19.8 Å². The predicted octanol–water partition coefficient (Wildman–Crippen LogP) is 1.83. The van der Waals surface area contributed by atoms with Gasteiger partial charge in [0.1, 0.15) is 12.4 Å². The van der Waals surface area contributed by atoms with Crippen molar-refractivity contribution in [1.29, 1.82) is 0 Å². The normalized spacial score (nSPS) is 14.0. The van der Waals surface area contributed by atoms with Gasteiger partial charge in [-0.2, -0.15) is 0 Å². The van der Waals surface area contributed by atoms with Crippen LogP contribution in [0.1, 0.15) is 28.9 Å². The van der Waals surface area contributed by atoms with Crippen LogP contribution < -0.4 is 0 Å². The van der Waals surface area contributed by atoms with E-state index in [0.29, 0.717) is 16.9 Å². The number of aliphatic hydroxyl groups excluding tert-OH is 2. The molecule has 2 atom stereocenters. The molecule has 2 unspecified atom stereocenters. The van der Waals surface area contributed by atoms with E-state index in [-0.39, 0.29) is 16.4 Å². The average molecular weight is 289 g/mol. The summed E-state index contributed by atoms with van der Waals surface area (Å²) >= 11 is 6.65. The lowest BCUT2D eigenvalue weighted by Gasteiger charge is -2.18. The highest BCUT2D eigenvalue weighted by Crippen LogP contribution is 2.25. The molecule has 18 heavy (non-hydrogen) atoms. The van der Waals surface area contributed by atoms with Crippen molar-refractivity contribution in [3.63, 3.8) is 0 Å². The van der Waals surface area contributed by atoms with E-state index >= 15 is 0 Å². The first kappa shape index (κ1) is 15.2. The molecule has 0 saturated heterocycles. The molecule has 0 aliphatic carbocycles. The highest BCUT2D eigenvalue weighted by atomic mass is 35.5. The number of aldehydes is 1. The van der Waals surface area contributed by atoms with Gasteiger partial charge in [-0.3, -0.25) is 9.59 Å². The Hall–Kier alpha value is -0.880. The standard InChI is InChI=1S/C12H13ClO4S/c1-7(15)18-6-11(16)12(17)10-3-2-9(13)4-8(10)5-14/h2-5,11-12,16-17H,6H2,1H3. The number of thioether (sulfide) groups is 1. The van der Waals surface area contributed by atoms with Crippen molar-refractivity contribution < 1.29 is 19.8 Å². The maximum Gasteiger partial charge on any atom is 0.185 e. The molecule has 0 amide bonds. The molecule has 0 radical (unpaired) electrons. The Morgan fingerprint density at radius 1 is 1.50 bits per heavy atom. The molecule has 1 rings (SSSR count). The van der Waals surface area contributed by atoms with Gasteiger partial charge in [-0.15, -0.1) is 0 Å². The van der Waals surface area contributed by atoms with E-state index < -0.39 is 12.2 Å². The zero-order valence-electron chi connectivity index (χ0n) is 9.67. The molecule has 1 aromatic carbocycles. The molecular weight excluding hydrogens is 276 g/mol. The summed E-state index contributed by atoms with van der Waals surface area (Å²) in [6, 6.07) is 4.42. The van der Waals surface area contributed by atoms with Crippen molar-refractivity contribution in [2.24, 2.45) is 0 Å². The summed E-state index contributed by atoms with van der Waals surface area (Å²) in [5.41, 5.74) is 0.521. The molecule has 0 aromatic heterocycles. The summed E-state index contributed by atoms with van der Waals surface area (Å²) in [5, 5.41) is 19.9. The Bertz CT molecular complexity index is 450. The number of halogens is 1. The lowest BCUT2D eigenvalue weighted by atomic mass is 10.00. The zero-order chi connectivity index (χ0) is 13.7. The van der Waals surface area contributed by atoms with Gasteiger partial charge in [0.2, 0.25) is 0 Å². The Morgan fingerprint density at radius 3 is 2.72 bits per heavy atom. The van der Waals surface area contributed by atoms with Gasteiger partial charge in [0.05, 0.1) is 6.10 Å². The highest BCUT2D eigenvalue weighted by molar-refractivity contribution is 8.13. The third-order valence-corrected chi connectivity index (χ3v) is 3.47. The largest absolute Gasteiger partial charge is 0.389 e. The molecule has 6 heteroatoms. The van der Waals surface area contributed by atoms with Crippen LogP contribution in [0.4, 0.5) is 0 Å². The fraction of sp³-hybridized carbons (Fsp3) is 0.333. The van der Waals surface area contributed by atoms with Gasteiger partial charge in [-0.25, -0.2) is 0 Å². The van der Waals surface area contributed by atoms with Gasteiger partial charge in [-0.05, 0) is 17.7 Å². The second-order valence-corrected chi connectivity index (χ2v) is 5.34. The molecule has 0 bridgehead atoms. The molecular formula is C12H13ClO4S. The van der Waals surface area contributed by atoms with Gasteiger partial charge in [0, 0.05) is 23.3 Å². The van der Waals surface area contributed by atoms with Gasteiger partial charge in [-0.1, -0.05) is 29.4 Å². The second kappa shape index (κ2) is 6.89. The van der Waals surface area contributed by atoms with Crippen LogP contribution in [0.15, 0.2) is 18.2 Å². The Balaban J connectivity index is 2.85. The molecule has 0 fully saturated rings. The maximum absolute atomic E-state index is 10.9. The molecule has 0 aliphatic rings. The smallest absolute Gasteiger partial charge is 0.185 e. The highest BCUT2D eigenvalue weighted by Gasteiger charge is 2.21. The van der Waals surface area contributed by atoms with Crippen LogP contribution in [0.25, 0.3) is 0 Å². The van der Waals surface area contributed by atoms with Crippen LogP contribution in [-0.2, 0) is 4.79 Å². The molecule has 1 aromatic rings. The molecule has 0 saturated carbocycles. The Labute approximate surface area is 114 Å². The lowest BCUT2D eigenvalue weighted by Crippen LogP contribution is -2.22. The van der Waals surface area contributed by atoms with Gasteiger partial charge < -0.3 is 10.2 Å². The number of rotatable bonds is 5. The molecule has 0 spiro atoms. The minimum absolute atomic E-state index is 0.0669. The van der Waals surface area contributed by atoms with E-state index in [0.717, 1.165) is 11.8 Å².